The van der Waals surface area contributed by atoms with Crippen molar-refractivity contribution in [1.29, 1.82) is 0 Å². The first-order chi connectivity index (χ1) is 7.20. The lowest BCUT2D eigenvalue weighted by molar-refractivity contribution is -0.120. The summed E-state index contributed by atoms with van der Waals surface area (Å²) in [6, 6.07) is 0. The van der Waals surface area contributed by atoms with Gasteiger partial charge in [-0.3, -0.25) is 9.48 Å². The number of halogens is 1. The Bertz CT molecular complexity index is 353. The van der Waals surface area contributed by atoms with E-state index in [0.717, 1.165) is 31.4 Å². The molecule has 0 aromatic carbocycles. The lowest BCUT2D eigenvalue weighted by Gasteiger charge is -2.13. The van der Waals surface area contributed by atoms with Crippen LogP contribution in [0, 0.1) is 0 Å². The van der Waals surface area contributed by atoms with Gasteiger partial charge in [-0.25, -0.2) is 0 Å². The Labute approximate surface area is 94.4 Å². The van der Waals surface area contributed by atoms with Crippen molar-refractivity contribution in [1.82, 2.24) is 9.78 Å². The third kappa shape index (κ3) is 2.07. The highest BCUT2D eigenvalue weighted by atomic mass is 35.5. The van der Waals surface area contributed by atoms with E-state index < -0.39 is 0 Å². The van der Waals surface area contributed by atoms with Gasteiger partial charge in [-0.2, -0.15) is 5.10 Å². The minimum atomic E-state index is -0.0347. The van der Waals surface area contributed by atoms with Gasteiger partial charge in [0.15, 0.2) is 0 Å². The van der Waals surface area contributed by atoms with Crippen LogP contribution in [0.15, 0.2) is 6.20 Å². The molecule has 0 N–H and O–H groups in total. The van der Waals surface area contributed by atoms with E-state index in [9.17, 15) is 4.79 Å². The molecular formula is C11H15ClN2O. The second-order valence-corrected chi connectivity index (χ2v) is 4.53. The maximum absolute atomic E-state index is 11.9. The Morgan fingerprint density at radius 1 is 1.47 bits per heavy atom. The van der Waals surface area contributed by atoms with Gasteiger partial charge < -0.3 is 0 Å². The van der Waals surface area contributed by atoms with Crippen LogP contribution in [0.2, 0.25) is 5.02 Å². The summed E-state index contributed by atoms with van der Waals surface area (Å²) in [5, 5.41) is 4.71. The number of aromatic nitrogens is 2. The minimum Gasteiger partial charge on any atom is -0.299 e. The summed E-state index contributed by atoms with van der Waals surface area (Å²) in [5.74, 6) is 0.283. The molecule has 1 fully saturated rings. The zero-order chi connectivity index (χ0) is 10.8. The molecule has 1 aromatic heterocycles. The Kier molecular flexibility index (Phi) is 3.10. The van der Waals surface area contributed by atoms with Crippen molar-refractivity contribution in [2.45, 2.75) is 38.0 Å². The molecule has 1 heterocycles. The lowest BCUT2D eigenvalue weighted by Crippen LogP contribution is -2.14. The smallest absolute Gasteiger partial charge is 0.141 e. The van der Waals surface area contributed by atoms with Crippen LogP contribution in [0.1, 0.15) is 43.7 Å². The summed E-state index contributed by atoms with van der Waals surface area (Å²) in [5.41, 5.74) is 0.892. The first-order valence-corrected chi connectivity index (χ1v) is 5.78. The molecule has 1 unspecified atom stereocenters. The number of hydrogen-bond acceptors (Lipinski definition) is 2. The number of ketones is 1. The van der Waals surface area contributed by atoms with Crippen molar-refractivity contribution in [3.63, 3.8) is 0 Å². The Balaban J connectivity index is 2.31. The van der Waals surface area contributed by atoms with E-state index in [1.54, 1.807) is 10.9 Å². The van der Waals surface area contributed by atoms with E-state index in [1.807, 2.05) is 7.05 Å². The lowest BCUT2D eigenvalue weighted by atomic mass is 9.95. The fourth-order valence-corrected chi connectivity index (χ4v) is 2.56. The van der Waals surface area contributed by atoms with Gasteiger partial charge >= 0.3 is 0 Å². The highest BCUT2D eigenvalue weighted by Gasteiger charge is 2.27. The molecule has 0 bridgehead atoms. The van der Waals surface area contributed by atoms with Crippen molar-refractivity contribution < 1.29 is 4.79 Å². The molecule has 1 aliphatic rings. The quantitative estimate of drug-likeness (QED) is 0.691. The number of rotatable bonds is 1. The maximum atomic E-state index is 11.9. The summed E-state index contributed by atoms with van der Waals surface area (Å²) in [4.78, 5) is 11.9. The van der Waals surface area contributed by atoms with E-state index in [4.69, 9.17) is 11.6 Å². The largest absolute Gasteiger partial charge is 0.299 e. The third-order valence-electron chi connectivity index (χ3n) is 3.07. The van der Waals surface area contributed by atoms with Crippen LogP contribution in [-0.2, 0) is 11.8 Å². The predicted molar refractivity (Wildman–Crippen MR) is 59.1 cm³/mol. The summed E-state index contributed by atoms with van der Waals surface area (Å²) < 4.78 is 1.73. The monoisotopic (exact) mass is 226 g/mol. The molecule has 4 heteroatoms. The molecule has 0 amide bonds. The molecule has 1 saturated carbocycles. The molecular weight excluding hydrogens is 212 g/mol. The van der Waals surface area contributed by atoms with Gasteiger partial charge in [-0.05, 0) is 12.8 Å². The summed E-state index contributed by atoms with van der Waals surface area (Å²) in [6.45, 7) is 0. The zero-order valence-corrected chi connectivity index (χ0v) is 9.63. The summed E-state index contributed by atoms with van der Waals surface area (Å²) in [6.07, 6.45) is 6.50. The fraction of sp³-hybridized carbons (Fsp3) is 0.636. The molecule has 1 aliphatic carbocycles. The van der Waals surface area contributed by atoms with E-state index in [0.29, 0.717) is 17.2 Å². The Morgan fingerprint density at radius 3 is 2.93 bits per heavy atom. The molecule has 0 spiro atoms. The molecule has 82 valence electrons. The predicted octanol–water partition coefficient (Wildman–Crippen LogP) is 2.69. The van der Waals surface area contributed by atoms with Gasteiger partial charge in [-0.15, -0.1) is 0 Å². The first kappa shape index (κ1) is 10.7. The SMILES string of the molecule is Cn1ncc(Cl)c1C1CCCCCC1=O. The summed E-state index contributed by atoms with van der Waals surface area (Å²) >= 11 is 6.06. The van der Waals surface area contributed by atoms with Gasteiger partial charge in [0.25, 0.3) is 0 Å². The number of Topliss-reactive ketones (excluding diaryl/α,β-unsaturated/α-hetero) is 1. The van der Waals surface area contributed by atoms with E-state index in [2.05, 4.69) is 5.10 Å². The summed E-state index contributed by atoms with van der Waals surface area (Å²) in [7, 11) is 1.85. The second-order valence-electron chi connectivity index (χ2n) is 4.12. The number of carbonyl (C=O) groups is 1. The van der Waals surface area contributed by atoms with Gasteiger partial charge in [0.2, 0.25) is 0 Å². The molecule has 2 rings (SSSR count). The Hall–Kier alpha value is -0.830. The molecule has 0 aliphatic heterocycles. The van der Waals surface area contributed by atoms with E-state index in [1.165, 1.54) is 0 Å². The van der Waals surface area contributed by atoms with Crippen LogP contribution in [0.5, 0.6) is 0 Å². The highest BCUT2D eigenvalue weighted by Crippen LogP contribution is 2.32. The van der Waals surface area contributed by atoms with Gasteiger partial charge in [0, 0.05) is 13.5 Å². The first-order valence-electron chi connectivity index (χ1n) is 5.40. The third-order valence-corrected chi connectivity index (χ3v) is 3.36. The van der Waals surface area contributed by atoms with Crippen LogP contribution >= 0.6 is 11.6 Å². The highest BCUT2D eigenvalue weighted by molar-refractivity contribution is 6.31. The Morgan fingerprint density at radius 2 is 2.27 bits per heavy atom. The second kappa shape index (κ2) is 4.35. The van der Waals surface area contributed by atoms with Crippen molar-refractivity contribution in [3.8, 4) is 0 Å². The van der Waals surface area contributed by atoms with Crippen molar-refractivity contribution >= 4 is 17.4 Å². The van der Waals surface area contributed by atoms with Crippen LogP contribution in [0.3, 0.4) is 0 Å². The topological polar surface area (TPSA) is 34.9 Å². The van der Waals surface area contributed by atoms with Crippen LogP contribution in [0.4, 0.5) is 0 Å². The van der Waals surface area contributed by atoms with Crippen LogP contribution in [0.25, 0.3) is 0 Å². The minimum absolute atomic E-state index is 0.0347. The standard InChI is InChI=1S/C11H15ClN2O/c1-14-11(9(12)7-13-14)8-5-3-2-4-6-10(8)15/h7-8H,2-6H2,1H3. The molecule has 0 saturated heterocycles. The molecule has 1 aromatic rings. The maximum Gasteiger partial charge on any atom is 0.141 e. The zero-order valence-electron chi connectivity index (χ0n) is 8.87. The number of aryl methyl sites for hydroxylation is 1. The normalized spacial score (nSPS) is 22.8. The van der Waals surface area contributed by atoms with Crippen molar-refractivity contribution in [2.75, 3.05) is 0 Å². The van der Waals surface area contributed by atoms with E-state index >= 15 is 0 Å². The molecule has 3 nitrogen and oxygen atoms in total. The van der Waals surface area contributed by atoms with Crippen LogP contribution in [-0.4, -0.2) is 15.6 Å². The van der Waals surface area contributed by atoms with Crippen LogP contribution < -0.4 is 0 Å². The van der Waals surface area contributed by atoms with Crippen molar-refractivity contribution in [2.24, 2.45) is 7.05 Å². The van der Waals surface area contributed by atoms with Gasteiger partial charge in [0.1, 0.15) is 5.78 Å². The van der Waals surface area contributed by atoms with Gasteiger partial charge in [-0.1, -0.05) is 24.4 Å². The van der Waals surface area contributed by atoms with Gasteiger partial charge in [0.05, 0.1) is 22.8 Å². The molecule has 0 radical (unpaired) electrons. The van der Waals surface area contributed by atoms with E-state index in [-0.39, 0.29) is 5.92 Å². The number of hydrogen-bond donors (Lipinski definition) is 0. The number of nitrogens with zero attached hydrogens (tertiary/aromatic N) is 2. The number of carbonyl (C=O) groups excluding carboxylic acids is 1. The fourth-order valence-electron chi connectivity index (χ4n) is 2.26. The molecule has 15 heavy (non-hydrogen) atoms. The molecule has 1 atom stereocenters. The average Bonchev–Trinajstić information content (AvgIpc) is 2.42. The van der Waals surface area contributed by atoms with Crippen molar-refractivity contribution in [3.05, 3.63) is 16.9 Å². The average molecular weight is 227 g/mol.